The molecule has 0 spiro atoms. The van der Waals surface area contributed by atoms with Gasteiger partial charge in [-0.05, 0) is 36.8 Å². The Morgan fingerprint density at radius 3 is 2.65 bits per heavy atom. The Balaban J connectivity index is 1.47. The van der Waals surface area contributed by atoms with Gasteiger partial charge in [0, 0.05) is 17.5 Å². The number of hydrogen-bond acceptors (Lipinski definition) is 5. The number of benzene rings is 2. The molecule has 0 unspecified atom stereocenters. The maximum Gasteiger partial charge on any atom is 0.336 e. The van der Waals surface area contributed by atoms with Crippen molar-refractivity contribution in [1.29, 1.82) is 0 Å². The van der Waals surface area contributed by atoms with Crippen LogP contribution in [-0.4, -0.2) is 25.7 Å². The molecule has 0 radical (unpaired) electrons. The van der Waals surface area contributed by atoms with Crippen molar-refractivity contribution in [1.82, 2.24) is 5.32 Å². The summed E-state index contributed by atoms with van der Waals surface area (Å²) in [7, 11) is 0. The second-order valence-electron chi connectivity index (χ2n) is 5.71. The smallest absolute Gasteiger partial charge is 0.336 e. The van der Waals surface area contributed by atoms with Crippen LogP contribution in [0.3, 0.4) is 0 Å². The molecular formula is C20H19NO5. The SMILES string of the molecule is Cc1cc(=O)oc2cc(OCC(=O)NCCOc3ccccc3)ccc12. The van der Waals surface area contributed by atoms with Gasteiger partial charge in [0.2, 0.25) is 0 Å². The van der Waals surface area contributed by atoms with Gasteiger partial charge in [0.25, 0.3) is 5.91 Å². The van der Waals surface area contributed by atoms with E-state index in [9.17, 15) is 9.59 Å². The lowest BCUT2D eigenvalue weighted by molar-refractivity contribution is -0.123. The first kappa shape index (κ1) is 17.5. The van der Waals surface area contributed by atoms with Gasteiger partial charge in [-0.1, -0.05) is 18.2 Å². The summed E-state index contributed by atoms with van der Waals surface area (Å²) in [5.41, 5.74) is 0.853. The lowest BCUT2D eigenvalue weighted by Gasteiger charge is -2.09. The third kappa shape index (κ3) is 4.63. The van der Waals surface area contributed by atoms with Gasteiger partial charge in [0.1, 0.15) is 23.7 Å². The number of amides is 1. The van der Waals surface area contributed by atoms with Gasteiger partial charge in [-0.2, -0.15) is 0 Å². The molecule has 26 heavy (non-hydrogen) atoms. The van der Waals surface area contributed by atoms with Gasteiger partial charge < -0.3 is 19.2 Å². The molecule has 3 aromatic rings. The van der Waals surface area contributed by atoms with Crippen LogP contribution in [0.15, 0.2) is 63.8 Å². The summed E-state index contributed by atoms with van der Waals surface area (Å²) < 4.78 is 16.1. The summed E-state index contributed by atoms with van der Waals surface area (Å²) >= 11 is 0. The number of hydrogen-bond donors (Lipinski definition) is 1. The molecule has 0 aliphatic heterocycles. The molecule has 1 amide bonds. The number of nitrogens with one attached hydrogen (secondary N) is 1. The van der Waals surface area contributed by atoms with Crippen LogP contribution in [0.2, 0.25) is 0 Å². The number of carbonyl (C=O) groups excluding carboxylic acids is 1. The number of carbonyl (C=O) groups is 1. The van der Waals surface area contributed by atoms with Gasteiger partial charge >= 0.3 is 5.63 Å². The van der Waals surface area contributed by atoms with Gasteiger partial charge in [-0.15, -0.1) is 0 Å². The van der Waals surface area contributed by atoms with Crippen LogP contribution in [0.1, 0.15) is 5.56 Å². The predicted octanol–water partition coefficient (Wildman–Crippen LogP) is 2.68. The Hall–Kier alpha value is -3.28. The summed E-state index contributed by atoms with van der Waals surface area (Å²) in [5, 5.41) is 3.55. The van der Waals surface area contributed by atoms with Gasteiger partial charge in [-0.3, -0.25) is 4.79 Å². The van der Waals surface area contributed by atoms with Gasteiger partial charge in [-0.25, -0.2) is 4.79 Å². The second-order valence-corrected chi connectivity index (χ2v) is 5.71. The summed E-state index contributed by atoms with van der Waals surface area (Å²) in [4.78, 5) is 23.3. The molecule has 1 heterocycles. The van der Waals surface area contributed by atoms with Crippen molar-refractivity contribution in [2.45, 2.75) is 6.92 Å². The van der Waals surface area contributed by atoms with Crippen molar-refractivity contribution in [2.24, 2.45) is 0 Å². The number of aryl methyl sites for hydroxylation is 1. The molecule has 1 aromatic heterocycles. The van der Waals surface area contributed by atoms with E-state index in [-0.39, 0.29) is 12.5 Å². The first-order chi connectivity index (χ1) is 12.6. The minimum Gasteiger partial charge on any atom is -0.492 e. The maximum atomic E-state index is 11.8. The molecule has 0 aliphatic rings. The largest absolute Gasteiger partial charge is 0.492 e. The van der Waals surface area contributed by atoms with Crippen LogP contribution >= 0.6 is 0 Å². The topological polar surface area (TPSA) is 77.8 Å². The van der Waals surface area contributed by atoms with E-state index in [1.54, 1.807) is 18.2 Å². The minimum absolute atomic E-state index is 0.132. The maximum absolute atomic E-state index is 11.8. The second kappa shape index (κ2) is 8.20. The third-order valence-corrected chi connectivity index (χ3v) is 3.73. The zero-order valence-corrected chi connectivity index (χ0v) is 14.4. The first-order valence-corrected chi connectivity index (χ1v) is 8.24. The van der Waals surface area contributed by atoms with Crippen molar-refractivity contribution in [2.75, 3.05) is 19.8 Å². The minimum atomic E-state index is -0.414. The average molecular weight is 353 g/mol. The van der Waals surface area contributed by atoms with E-state index in [1.807, 2.05) is 37.3 Å². The molecule has 2 aromatic carbocycles. The van der Waals surface area contributed by atoms with Gasteiger partial charge in [0.15, 0.2) is 6.61 Å². The van der Waals surface area contributed by atoms with Crippen LogP contribution in [-0.2, 0) is 4.79 Å². The molecular weight excluding hydrogens is 334 g/mol. The Labute approximate surface area is 150 Å². The zero-order chi connectivity index (χ0) is 18.4. The monoisotopic (exact) mass is 353 g/mol. The molecule has 0 bridgehead atoms. The fraction of sp³-hybridized carbons (Fsp3) is 0.200. The lowest BCUT2D eigenvalue weighted by atomic mass is 10.1. The summed E-state index contributed by atoms with van der Waals surface area (Å²) in [5.74, 6) is 0.959. The summed E-state index contributed by atoms with van der Waals surface area (Å²) in [6.07, 6.45) is 0. The molecule has 6 nitrogen and oxygen atoms in total. The van der Waals surface area contributed by atoms with Crippen LogP contribution < -0.4 is 20.4 Å². The summed E-state index contributed by atoms with van der Waals surface area (Å²) in [6.45, 7) is 2.46. The predicted molar refractivity (Wildman–Crippen MR) is 97.7 cm³/mol. The van der Waals surface area contributed by atoms with E-state index in [2.05, 4.69) is 5.32 Å². The highest BCUT2D eigenvalue weighted by Crippen LogP contribution is 2.22. The zero-order valence-electron chi connectivity index (χ0n) is 14.4. The van der Waals surface area contributed by atoms with E-state index >= 15 is 0 Å². The molecule has 3 rings (SSSR count). The lowest BCUT2D eigenvalue weighted by Crippen LogP contribution is -2.32. The first-order valence-electron chi connectivity index (χ1n) is 8.24. The Bertz CT molecular complexity index is 949. The average Bonchev–Trinajstić information content (AvgIpc) is 2.64. The van der Waals surface area contributed by atoms with Crippen molar-refractivity contribution in [3.63, 3.8) is 0 Å². The van der Waals surface area contributed by atoms with Crippen LogP contribution in [0, 0.1) is 6.92 Å². The molecule has 0 saturated heterocycles. The Morgan fingerprint density at radius 2 is 1.85 bits per heavy atom. The number of ether oxygens (including phenoxy) is 2. The number of para-hydroxylation sites is 1. The standard InChI is InChI=1S/C20H19NO5/c1-14-11-20(23)26-18-12-16(7-8-17(14)18)25-13-19(22)21-9-10-24-15-5-3-2-4-6-15/h2-8,11-12H,9-10,13H2,1H3,(H,21,22). The van der Waals surface area contributed by atoms with E-state index < -0.39 is 5.63 Å². The molecule has 0 fully saturated rings. The van der Waals surface area contributed by atoms with Crippen molar-refractivity contribution in [3.8, 4) is 11.5 Å². The highest BCUT2D eigenvalue weighted by molar-refractivity contribution is 5.81. The fourth-order valence-corrected chi connectivity index (χ4v) is 2.47. The molecule has 0 saturated carbocycles. The fourth-order valence-electron chi connectivity index (χ4n) is 2.47. The normalized spacial score (nSPS) is 10.5. The number of rotatable bonds is 7. The van der Waals surface area contributed by atoms with Gasteiger partial charge in [0.05, 0.1) is 6.54 Å². The van der Waals surface area contributed by atoms with E-state index in [1.165, 1.54) is 6.07 Å². The highest BCUT2D eigenvalue weighted by atomic mass is 16.5. The molecule has 0 atom stereocenters. The Morgan fingerprint density at radius 1 is 1.04 bits per heavy atom. The van der Waals surface area contributed by atoms with E-state index in [4.69, 9.17) is 13.9 Å². The van der Waals surface area contributed by atoms with E-state index in [0.29, 0.717) is 24.5 Å². The third-order valence-electron chi connectivity index (χ3n) is 3.73. The van der Waals surface area contributed by atoms with Crippen molar-refractivity contribution < 1.29 is 18.7 Å². The molecule has 134 valence electrons. The molecule has 0 aliphatic carbocycles. The highest BCUT2D eigenvalue weighted by Gasteiger charge is 2.06. The van der Waals surface area contributed by atoms with Crippen molar-refractivity contribution >= 4 is 16.9 Å². The molecule has 1 N–H and O–H groups in total. The van der Waals surface area contributed by atoms with Crippen LogP contribution in [0.4, 0.5) is 0 Å². The quantitative estimate of drug-likeness (QED) is 0.522. The van der Waals surface area contributed by atoms with Crippen LogP contribution in [0.5, 0.6) is 11.5 Å². The van der Waals surface area contributed by atoms with E-state index in [0.717, 1.165) is 16.7 Å². The number of fused-ring (bicyclic) bond motifs is 1. The Kier molecular flexibility index (Phi) is 5.53. The van der Waals surface area contributed by atoms with Crippen LogP contribution in [0.25, 0.3) is 11.0 Å². The van der Waals surface area contributed by atoms with Crippen molar-refractivity contribution in [3.05, 3.63) is 70.6 Å². The summed E-state index contributed by atoms with van der Waals surface area (Å²) in [6, 6.07) is 16.0. The molecule has 6 heteroatoms.